The average molecular weight is 296 g/mol. The van der Waals surface area contributed by atoms with Gasteiger partial charge in [0.1, 0.15) is 5.02 Å². The van der Waals surface area contributed by atoms with Crippen LogP contribution in [0.15, 0.2) is 12.1 Å². The summed E-state index contributed by atoms with van der Waals surface area (Å²) in [6, 6.07) is 5.23. The lowest BCUT2D eigenvalue weighted by atomic mass is 10.1. The molecule has 0 saturated carbocycles. The zero-order valence-electron chi connectivity index (χ0n) is 11.9. The van der Waals surface area contributed by atoms with Gasteiger partial charge >= 0.3 is 0 Å². The molecule has 0 heterocycles. The van der Waals surface area contributed by atoms with Crippen LogP contribution in [0.4, 0.5) is 11.4 Å². The van der Waals surface area contributed by atoms with Gasteiger partial charge in [-0.1, -0.05) is 25.4 Å². The lowest BCUT2D eigenvalue weighted by molar-refractivity contribution is -0.384. The first-order chi connectivity index (χ1) is 9.36. The number of hydrogen-bond acceptors (Lipinski definition) is 4. The summed E-state index contributed by atoms with van der Waals surface area (Å²) in [6.07, 6.45) is 0.404. The fourth-order valence-electron chi connectivity index (χ4n) is 2.07. The number of nitrogens with zero attached hydrogens (tertiary/aromatic N) is 3. The van der Waals surface area contributed by atoms with Gasteiger partial charge < -0.3 is 4.90 Å². The summed E-state index contributed by atoms with van der Waals surface area (Å²) < 4.78 is 0. The molecule has 0 fully saturated rings. The normalized spacial score (nSPS) is 10.4. The van der Waals surface area contributed by atoms with Gasteiger partial charge in [0.15, 0.2) is 0 Å². The van der Waals surface area contributed by atoms with E-state index in [9.17, 15) is 10.1 Å². The number of aryl methyl sites for hydroxylation is 1. The highest BCUT2D eigenvalue weighted by atomic mass is 35.5. The van der Waals surface area contributed by atoms with Gasteiger partial charge in [-0.3, -0.25) is 10.1 Å². The Kier molecular flexibility index (Phi) is 5.78. The monoisotopic (exact) mass is 295 g/mol. The van der Waals surface area contributed by atoms with E-state index < -0.39 is 4.92 Å². The van der Waals surface area contributed by atoms with Crippen LogP contribution in [0.3, 0.4) is 0 Å². The van der Waals surface area contributed by atoms with Gasteiger partial charge in [0.05, 0.1) is 17.4 Å². The smallest absolute Gasteiger partial charge is 0.288 e. The van der Waals surface area contributed by atoms with Crippen molar-refractivity contribution in [2.45, 2.75) is 27.2 Å². The second kappa shape index (κ2) is 7.11. The number of hydrogen-bond donors (Lipinski definition) is 0. The van der Waals surface area contributed by atoms with Crippen molar-refractivity contribution in [3.8, 4) is 6.07 Å². The molecule has 0 saturated heterocycles. The summed E-state index contributed by atoms with van der Waals surface area (Å²) >= 11 is 5.98. The molecule has 5 nitrogen and oxygen atoms in total. The topological polar surface area (TPSA) is 70.2 Å². The molecule has 108 valence electrons. The molecular weight excluding hydrogens is 278 g/mol. The van der Waals surface area contributed by atoms with Crippen LogP contribution in [0.5, 0.6) is 0 Å². The lowest BCUT2D eigenvalue weighted by Gasteiger charge is -2.27. The highest BCUT2D eigenvalue weighted by molar-refractivity contribution is 6.33. The van der Waals surface area contributed by atoms with Crippen molar-refractivity contribution < 1.29 is 4.92 Å². The molecule has 20 heavy (non-hydrogen) atoms. The summed E-state index contributed by atoms with van der Waals surface area (Å²) in [6.45, 7) is 7.35. The van der Waals surface area contributed by atoms with Crippen LogP contribution in [0.2, 0.25) is 5.02 Å². The molecule has 1 rings (SSSR count). The predicted molar refractivity (Wildman–Crippen MR) is 80.1 cm³/mol. The fraction of sp³-hybridized carbons (Fsp3) is 0.500. The Bertz CT molecular complexity index is 538. The SMILES string of the molecule is Cc1cc([N+](=O)[O-])c(Cl)cc1N(CCC#N)CC(C)C. The Morgan fingerprint density at radius 2 is 2.15 bits per heavy atom. The molecule has 0 radical (unpaired) electrons. The summed E-state index contributed by atoms with van der Waals surface area (Å²) in [5.41, 5.74) is 1.56. The van der Waals surface area contributed by atoms with E-state index in [1.165, 1.54) is 6.07 Å². The zero-order valence-corrected chi connectivity index (χ0v) is 12.6. The predicted octanol–water partition coefficient (Wildman–Crippen LogP) is 3.93. The van der Waals surface area contributed by atoms with E-state index in [4.69, 9.17) is 16.9 Å². The summed E-state index contributed by atoms with van der Waals surface area (Å²) in [7, 11) is 0. The maximum atomic E-state index is 10.9. The van der Waals surface area contributed by atoms with Crippen LogP contribution >= 0.6 is 11.6 Å². The van der Waals surface area contributed by atoms with Gasteiger partial charge in [0.2, 0.25) is 0 Å². The Morgan fingerprint density at radius 1 is 1.50 bits per heavy atom. The van der Waals surface area contributed by atoms with Gasteiger partial charge in [-0.2, -0.15) is 5.26 Å². The van der Waals surface area contributed by atoms with Crippen molar-refractivity contribution in [1.29, 1.82) is 5.26 Å². The first-order valence-electron chi connectivity index (χ1n) is 6.43. The molecule has 0 amide bonds. The van der Waals surface area contributed by atoms with Crippen molar-refractivity contribution in [2.24, 2.45) is 5.92 Å². The first kappa shape index (κ1) is 16.3. The third-order valence-corrected chi connectivity index (χ3v) is 3.18. The second-order valence-electron chi connectivity index (χ2n) is 5.10. The summed E-state index contributed by atoms with van der Waals surface area (Å²) in [4.78, 5) is 12.4. The quantitative estimate of drug-likeness (QED) is 0.589. The largest absolute Gasteiger partial charge is 0.370 e. The number of benzene rings is 1. The molecule has 0 N–H and O–H groups in total. The van der Waals surface area contributed by atoms with Crippen molar-refractivity contribution in [2.75, 3.05) is 18.0 Å². The number of rotatable bonds is 6. The van der Waals surface area contributed by atoms with Crippen LogP contribution in [0, 0.1) is 34.3 Å². The summed E-state index contributed by atoms with van der Waals surface area (Å²) in [5, 5.41) is 19.7. The Morgan fingerprint density at radius 3 is 2.65 bits per heavy atom. The van der Waals surface area contributed by atoms with Crippen LogP contribution < -0.4 is 4.90 Å². The van der Waals surface area contributed by atoms with Crippen molar-refractivity contribution >= 4 is 23.0 Å². The van der Waals surface area contributed by atoms with Crippen LogP contribution in [-0.2, 0) is 0 Å². The van der Waals surface area contributed by atoms with E-state index in [0.717, 1.165) is 17.8 Å². The third-order valence-electron chi connectivity index (χ3n) is 2.88. The van der Waals surface area contributed by atoms with E-state index in [0.29, 0.717) is 18.9 Å². The highest BCUT2D eigenvalue weighted by Gasteiger charge is 2.18. The van der Waals surface area contributed by atoms with Gasteiger partial charge in [-0.15, -0.1) is 0 Å². The van der Waals surface area contributed by atoms with E-state index in [1.807, 2.05) is 6.92 Å². The molecule has 0 aliphatic heterocycles. The average Bonchev–Trinajstić information content (AvgIpc) is 2.36. The molecule has 0 unspecified atom stereocenters. The van der Waals surface area contributed by atoms with Crippen LogP contribution in [-0.4, -0.2) is 18.0 Å². The zero-order chi connectivity index (χ0) is 15.3. The fourth-order valence-corrected chi connectivity index (χ4v) is 2.30. The van der Waals surface area contributed by atoms with Crippen LogP contribution in [0.1, 0.15) is 25.8 Å². The van der Waals surface area contributed by atoms with E-state index in [2.05, 4.69) is 24.8 Å². The molecule has 0 aliphatic rings. The lowest BCUT2D eigenvalue weighted by Crippen LogP contribution is -2.29. The molecule has 0 atom stereocenters. The second-order valence-corrected chi connectivity index (χ2v) is 5.50. The van der Waals surface area contributed by atoms with E-state index >= 15 is 0 Å². The number of halogens is 1. The van der Waals surface area contributed by atoms with Crippen LogP contribution in [0.25, 0.3) is 0 Å². The van der Waals surface area contributed by atoms with Gasteiger partial charge in [-0.25, -0.2) is 0 Å². The maximum absolute atomic E-state index is 10.9. The number of nitro groups is 1. The minimum atomic E-state index is -0.485. The standard InChI is InChI=1S/C14H18ClN3O2/c1-10(2)9-17(6-4-5-16)13-8-12(15)14(18(19)20)7-11(13)3/h7-8,10H,4,6,9H2,1-3H3. The molecule has 0 aromatic heterocycles. The molecule has 0 aliphatic carbocycles. The molecule has 6 heteroatoms. The van der Waals surface area contributed by atoms with Crippen molar-refractivity contribution in [1.82, 2.24) is 0 Å². The molecule has 1 aromatic rings. The van der Waals surface area contributed by atoms with Gasteiger partial charge in [-0.05, 0) is 24.5 Å². The molecule has 0 bridgehead atoms. The molecular formula is C14H18ClN3O2. The Labute approximate surface area is 123 Å². The van der Waals surface area contributed by atoms with Crippen molar-refractivity contribution in [3.63, 3.8) is 0 Å². The van der Waals surface area contributed by atoms with E-state index in [1.54, 1.807) is 6.07 Å². The molecule has 1 aromatic carbocycles. The maximum Gasteiger partial charge on any atom is 0.288 e. The molecule has 0 spiro atoms. The number of nitro benzene ring substituents is 1. The van der Waals surface area contributed by atoms with Gasteiger partial charge in [0.25, 0.3) is 5.69 Å². The first-order valence-corrected chi connectivity index (χ1v) is 6.81. The Balaban J connectivity index is 3.16. The van der Waals surface area contributed by atoms with Crippen molar-refractivity contribution in [3.05, 3.63) is 32.8 Å². The third kappa shape index (κ3) is 4.10. The number of anilines is 1. The minimum absolute atomic E-state index is 0.0855. The number of nitriles is 1. The highest BCUT2D eigenvalue weighted by Crippen LogP contribution is 2.33. The van der Waals surface area contributed by atoms with Gasteiger partial charge in [0, 0.05) is 24.8 Å². The minimum Gasteiger partial charge on any atom is -0.370 e. The Hall–Kier alpha value is -1.80. The summed E-state index contributed by atoms with van der Waals surface area (Å²) in [5.74, 6) is 0.419. The van der Waals surface area contributed by atoms with E-state index in [-0.39, 0.29) is 10.7 Å².